The molecule has 1 aliphatic rings. The molecule has 0 saturated carbocycles. The van der Waals surface area contributed by atoms with Gasteiger partial charge in [0.05, 0.1) is 6.10 Å². The Morgan fingerprint density at radius 2 is 1.95 bits per heavy atom. The van der Waals surface area contributed by atoms with Crippen LogP contribution in [0.4, 0.5) is 0 Å². The number of piperazine rings is 1. The van der Waals surface area contributed by atoms with Gasteiger partial charge in [-0.3, -0.25) is 9.80 Å². The van der Waals surface area contributed by atoms with E-state index in [1.807, 2.05) is 0 Å². The van der Waals surface area contributed by atoms with Crippen LogP contribution in [0.5, 0.6) is 0 Å². The summed E-state index contributed by atoms with van der Waals surface area (Å²) in [6.45, 7) is 8.85. The van der Waals surface area contributed by atoms with E-state index in [1.165, 1.54) is 11.1 Å². The minimum atomic E-state index is -0.275. The molecule has 0 bridgehead atoms. The van der Waals surface area contributed by atoms with Crippen LogP contribution in [0.25, 0.3) is 0 Å². The first-order valence-corrected chi connectivity index (χ1v) is 7.86. The maximum Gasteiger partial charge on any atom is 0.0793 e. The van der Waals surface area contributed by atoms with Gasteiger partial charge in [-0.25, -0.2) is 0 Å². The summed E-state index contributed by atoms with van der Waals surface area (Å²) in [5.74, 6) is 0. The highest BCUT2D eigenvalue weighted by atomic mass is 16.3. The Labute approximate surface area is 129 Å². The largest absolute Gasteiger partial charge is 0.390 e. The second kappa shape index (κ2) is 7.90. The van der Waals surface area contributed by atoms with Gasteiger partial charge in [-0.2, -0.15) is 0 Å². The Hall–Kier alpha value is -0.940. The summed E-state index contributed by atoms with van der Waals surface area (Å²) >= 11 is 0. The van der Waals surface area contributed by atoms with Crippen molar-refractivity contribution in [1.29, 1.82) is 0 Å². The number of likely N-dealkylation sites (N-methyl/N-ethyl adjacent to an activating group) is 2. The highest BCUT2D eigenvalue weighted by molar-refractivity contribution is 5.21. The zero-order valence-electron chi connectivity index (χ0n) is 13.6. The zero-order chi connectivity index (χ0) is 15.2. The van der Waals surface area contributed by atoms with Crippen LogP contribution in [0, 0.1) is 6.92 Å². The molecule has 118 valence electrons. The van der Waals surface area contributed by atoms with Crippen LogP contribution in [0.2, 0.25) is 0 Å². The molecule has 1 atom stereocenters. The number of β-amino-alcohol motifs (C(OH)–C–C–N with tert-alkyl or cyclic N) is 1. The molecule has 2 rings (SSSR count). The molecule has 1 fully saturated rings. The molecule has 0 spiro atoms. The van der Waals surface area contributed by atoms with Gasteiger partial charge in [-0.05, 0) is 26.6 Å². The number of benzene rings is 1. The van der Waals surface area contributed by atoms with Gasteiger partial charge in [-0.15, -0.1) is 0 Å². The normalized spacial score (nSPS) is 19.1. The molecular formula is C17H29N3O. The summed E-state index contributed by atoms with van der Waals surface area (Å²) < 4.78 is 0. The molecule has 21 heavy (non-hydrogen) atoms. The lowest BCUT2D eigenvalue weighted by Crippen LogP contribution is -2.48. The van der Waals surface area contributed by atoms with E-state index in [9.17, 15) is 5.11 Å². The summed E-state index contributed by atoms with van der Waals surface area (Å²) in [7, 11) is 4.24. The average molecular weight is 291 g/mol. The van der Waals surface area contributed by atoms with Crippen LogP contribution < -0.4 is 0 Å². The minimum Gasteiger partial charge on any atom is -0.390 e. The number of aryl methyl sites for hydroxylation is 1. The van der Waals surface area contributed by atoms with Gasteiger partial charge >= 0.3 is 0 Å². The fraction of sp³-hybridized carbons (Fsp3) is 0.647. The maximum absolute atomic E-state index is 10.3. The Kier molecular flexibility index (Phi) is 6.18. The standard InChI is InChI=1S/C17H29N3O/c1-15-5-4-6-16(11-15)12-19(3)13-17(21)14-20-9-7-18(2)8-10-20/h4-6,11,17,21H,7-10,12-14H2,1-3H3. The smallest absolute Gasteiger partial charge is 0.0793 e. The molecule has 1 N–H and O–H groups in total. The van der Waals surface area contributed by atoms with Gasteiger partial charge in [0.1, 0.15) is 0 Å². The molecule has 0 radical (unpaired) electrons. The number of hydrogen-bond donors (Lipinski definition) is 1. The third kappa shape index (κ3) is 5.75. The number of hydrogen-bond acceptors (Lipinski definition) is 4. The molecule has 1 aromatic rings. The fourth-order valence-corrected chi connectivity index (χ4v) is 2.93. The van der Waals surface area contributed by atoms with Crippen molar-refractivity contribution in [3.05, 3.63) is 35.4 Å². The first kappa shape index (κ1) is 16.4. The summed E-state index contributed by atoms with van der Waals surface area (Å²) in [6.07, 6.45) is -0.275. The second-order valence-corrected chi connectivity index (χ2v) is 6.44. The van der Waals surface area contributed by atoms with E-state index in [0.717, 1.165) is 45.8 Å². The Morgan fingerprint density at radius 1 is 1.24 bits per heavy atom. The van der Waals surface area contributed by atoms with Gasteiger partial charge in [0.15, 0.2) is 0 Å². The molecule has 1 saturated heterocycles. The maximum atomic E-state index is 10.3. The molecule has 0 aliphatic carbocycles. The monoisotopic (exact) mass is 291 g/mol. The van der Waals surface area contributed by atoms with E-state index in [-0.39, 0.29) is 6.10 Å². The van der Waals surface area contributed by atoms with E-state index in [2.05, 4.69) is 60.0 Å². The van der Waals surface area contributed by atoms with Crippen molar-refractivity contribution in [3.63, 3.8) is 0 Å². The van der Waals surface area contributed by atoms with Crippen molar-refractivity contribution in [2.24, 2.45) is 0 Å². The highest BCUT2D eigenvalue weighted by Crippen LogP contribution is 2.08. The second-order valence-electron chi connectivity index (χ2n) is 6.44. The van der Waals surface area contributed by atoms with Crippen molar-refractivity contribution >= 4 is 0 Å². The van der Waals surface area contributed by atoms with Gasteiger partial charge in [0.2, 0.25) is 0 Å². The number of aliphatic hydroxyl groups excluding tert-OH is 1. The Morgan fingerprint density at radius 3 is 2.62 bits per heavy atom. The van der Waals surface area contributed by atoms with Crippen LogP contribution in [-0.4, -0.2) is 79.3 Å². The molecule has 1 unspecified atom stereocenters. The molecule has 0 aromatic heterocycles. The predicted molar refractivity (Wildman–Crippen MR) is 87.5 cm³/mol. The number of rotatable bonds is 6. The zero-order valence-corrected chi connectivity index (χ0v) is 13.6. The summed E-state index contributed by atoms with van der Waals surface area (Å²) in [5.41, 5.74) is 2.60. The van der Waals surface area contributed by atoms with E-state index in [1.54, 1.807) is 0 Å². The molecular weight excluding hydrogens is 262 g/mol. The molecule has 1 aliphatic heterocycles. The topological polar surface area (TPSA) is 30.0 Å². The predicted octanol–water partition coefficient (Wildman–Crippen LogP) is 1.04. The van der Waals surface area contributed by atoms with Gasteiger partial charge < -0.3 is 10.0 Å². The lowest BCUT2D eigenvalue weighted by molar-refractivity contribution is 0.0594. The van der Waals surface area contributed by atoms with Crippen molar-refractivity contribution in [2.45, 2.75) is 19.6 Å². The van der Waals surface area contributed by atoms with Crippen molar-refractivity contribution in [1.82, 2.24) is 14.7 Å². The Balaban J connectivity index is 1.73. The van der Waals surface area contributed by atoms with Crippen LogP contribution in [0.3, 0.4) is 0 Å². The molecule has 0 amide bonds. The van der Waals surface area contributed by atoms with Crippen LogP contribution in [0.15, 0.2) is 24.3 Å². The van der Waals surface area contributed by atoms with E-state index >= 15 is 0 Å². The first-order chi connectivity index (χ1) is 10.0. The van der Waals surface area contributed by atoms with Crippen LogP contribution >= 0.6 is 0 Å². The SMILES string of the molecule is Cc1cccc(CN(C)CC(O)CN2CCN(C)CC2)c1. The molecule has 1 heterocycles. The molecule has 1 aromatic carbocycles. The Bertz CT molecular complexity index is 430. The molecule has 4 heteroatoms. The first-order valence-electron chi connectivity index (χ1n) is 7.86. The quantitative estimate of drug-likeness (QED) is 0.848. The van der Waals surface area contributed by atoms with Gasteiger partial charge in [0.25, 0.3) is 0 Å². The minimum absolute atomic E-state index is 0.275. The van der Waals surface area contributed by atoms with Gasteiger partial charge in [0, 0.05) is 45.8 Å². The van der Waals surface area contributed by atoms with Crippen LogP contribution in [-0.2, 0) is 6.54 Å². The fourth-order valence-electron chi connectivity index (χ4n) is 2.93. The molecule has 4 nitrogen and oxygen atoms in total. The lowest BCUT2D eigenvalue weighted by atomic mass is 10.1. The third-order valence-corrected chi connectivity index (χ3v) is 4.12. The van der Waals surface area contributed by atoms with E-state index in [0.29, 0.717) is 0 Å². The number of nitrogens with zero attached hydrogens (tertiary/aromatic N) is 3. The summed E-state index contributed by atoms with van der Waals surface area (Å²) in [4.78, 5) is 6.91. The van der Waals surface area contributed by atoms with Crippen molar-refractivity contribution in [3.8, 4) is 0 Å². The summed E-state index contributed by atoms with van der Waals surface area (Å²) in [5, 5.41) is 10.3. The van der Waals surface area contributed by atoms with Gasteiger partial charge in [-0.1, -0.05) is 29.8 Å². The van der Waals surface area contributed by atoms with Crippen molar-refractivity contribution < 1.29 is 5.11 Å². The number of aliphatic hydroxyl groups is 1. The highest BCUT2D eigenvalue weighted by Gasteiger charge is 2.17. The third-order valence-electron chi connectivity index (χ3n) is 4.12. The van der Waals surface area contributed by atoms with E-state index < -0.39 is 0 Å². The van der Waals surface area contributed by atoms with Crippen molar-refractivity contribution in [2.75, 3.05) is 53.4 Å². The lowest BCUT2D eigenvalue weighted by Gasteiger charge is -2.34. The van der Waals surface area contributed by atoms with E-state index in [4.69, 9.17) is 0 Å². The average Bonchev–Trinajstić information content (AvgIpc) is 2.41. The summed E-state index contributed by atoms with van der Waals surface area (Å²) in [6, 6.07) is 8.57. The van der Waals surface area contributed by atoms with Crippen LogP contribution in [0.1, 0.15) is 11.1 Å².